The van der Waals surface area contributed by atoms with Crippen molar-refractivity contribution in [1.29, 1.82) is 0 Å². The minimum Gasteiger partial charge on any atom is -0.463 e. The van der Waals surface area contributed by atoms with Crippen LogP contribution >= 0.6 is 0 Å². The van der Waals surface area contributed by atoms with Gasteiger partial charge in [0.1, 0.15) is 31.5 Å². The molecule has 3 heterocycles. The normalized spacial score (nSPS) is 38.6. The number of rotatable bonds is 15. The zero-order valence-corrected chi connectivity index (χ0v) is 41.1. The van der Waals surface area contributed by atoms with Gasteiger partial charge in [0.05, 0.1) is 22.9 Å². The lowest BCUT2D eigenvalue weighted by Gasteiger charge is -2.64. The molecule has 21 heteroatoms. The van der Waals surface area contributed by atoms with E-state index in [1.165, 1.54) is 6.92 Å². The number of carbonyl (C=O) groups excluding carboxylic acids is 7. The highest BCUT2D eigenvalue weighted by Crippen LogP contribution is 2.73. The number of hydrogen-bond donors (Lipinski definition) is 3. The maximum absolute atomic E-state index is 14.2. The van der Waals surface area contributed by atoms with Gasteiger partial charge in [-0.05, 0) is 91.7 Å². The van der Waals surface area contributed by atoms with E-state index in [1.54, 1.807) is 18.5 Å². The van der Waals surface area contributed by atoms with E-state index in [0.717, 1.165) is 72.3 Å². The second kappa shape index (κ2) is 20.9. The van der Waals surface area contributed by atoms with E-state index in [9.17, 15) is 38.7 Å². The van der Waals surface area contributed by atoms with Crippen molar-refractivity contribution >= 4 is 47.4 Å². The van der Waals surface area contributed by atoms with Crippen LogP contribution in [0.3, 0.4) is 0 Å². The van der Waals surface area contributed by atoms with Crippen LogP contribution in [-0.4, -0.2) is 132 Å². The van der Waals surface area contributed by atoms with Gasteiger partial charge in [-0.3, -0.25) is 49.4 Å². The molecule has 2 aliphatic heterocycles. The van der Waals surface area contributed by atoms with E-state index in [1.807, 2.05) is 6.07 Å². The molecule has 1 aromatic heterocycles. The minimum atomic E-state index is -1.92. The van der Waals surface area contributed by atoms with Crippen LogP contribution in [0.4, 0.5) is 5.69 Å². The number of aliphatic hydroxyl groups is 1. The summed E-state index contributed by atoms with van der Waals surface area (Å²) in [5.74, 6) is -4.62. The quantitative estimate of drug-likeness (QED) is 0.0744. The van der Waals surface area contributed by atoms with E-state index < -0.39 is 121 Å². The highest BCUT2D eigenvalue weighted by molar-refractivity contribution is 5.84. The van der Waals surface area contributed by atoms with Crippen molar-refractivity contribution < 1.29 is 86.0 Å². The standard InChI is InChI=1S/C49H67N3O18/c1-25-20-48-17-13-35-46(8,15-11-16-47(35,9)45(60)52-51-32-12-10-19-50-21-32)36(48)14-18-49(25,24-48)70-44-42(41(66-31(7)58)39(64-29(5)56)34(68-44)23-62-27(3)54)69-43-37(59)40(65-30(6)57)38(63-28(4)55)33(67-43)22-61-26(2)53/h10,12,19,21,33-44,51,59H,1,11,13-18,20,22-24H2,2-9H3,(H,52,60)/t33-,34-,35-,36-,37-,38-,39-,40-,41+,42-,43+,44+,46+,47-,48+,49+/m1/s1. The molecule has 0 unspecified atom stereocenters. The summed E-state index contributed by atoms with van der Waals surface area (Å²) in [6, 6.07) is 3.62. The lowest BCUT2D eigenvalue weighted by Crippen LogP contribution is -2.67. The molecule has 16 atom stereocenters. The number of ether oxygens (including phenoxy) is 10. The molecule has 0 aromatic carbocycles. The zero-order valence-electron chi connectivity index (χ0n) is 41.1. The number of aromatic nitrogens is 1. The average Bonchev–Trinajstić information content (AvgIpc) is 3.47. The average molecular weight is 986 g/mol. The third kappa shape index (κ3) is 10.7. The zero-order chi connectivity index (χ0) is 50.9. The largest absolute Gasteiger partial charge is 0.463 e. The van der Waals surface area contributed by atoms with Crippen molar-refractivity contribution in [1.82, 2.24) is 10.4 Å². The van der Waals surface area contributed by atoms with E-state index in [-0.39, 0.29) is 28.6 Å². The topological polar surface area (TPSA) is 269 Å². The highest BCUT2D eigenvalue weighted by atomic mass is 16.8. The summed E-state index contributed by atoms with van der Waals surface area (Å²) in [6.07, 6.45) is -6.24. The van der Waals surface area contributed by atoms with Gasteiger partial charge >= 0.3 is 35.8 Å². The number of carbonyl (C=O) groups is 7. The molecule has 0 radical (unpaired) electrons. The van der Waals surface area contributed by atoms with Crippen LogP contribution in [0.15, 0.2) is 36.7 Å². The van der Waals surface area contributed by atoms with Gasteiger partial charge in [-0.2, -0.15) is 0 Å². The molecule has 1 amide bonds. The van der Waals surface area contributed by atoms with Crippen molar-refractivity contribution in [2.45, 2.75) is 180 Å². The van der Waals surface area contributed by atoms with Crippen LogP contribution in [0, 0.1) is 28.1 Å². The molecule has 386 valence electrons. The summed E-state index contributed by atoms with van der Waals surface area (Å²) in [6.45, 7) is 14.7. The monoisotopic (exact) mass is 985 g/mol. The Hall–Kier alpha value is -5.22. The summed E-state index contributed by atoms with van der Waals surface area (Å²) >= 11 is 0. The fourth-order valence-electron chi connectivity index (χ4n) is 13.0. The van der Waals surface area contributed by atoms with Gasteiger partial charge in [-0.25, -0.2) is 0 Å². The summed E-state index contributed by atoms with van der Waals surface area (Å²) in [4.78, 5) is 93.2. The van der Waals surface area contributed by atoms with Gasteiger partial charge in [-0.15, -0.1) is 0 Å². The Kier molecular flexibility index (Phi) is 15.7. The predicted molar refractivity (Wildman–Crippen MR) is 240 cm³/mol. The Bertz CT molecular complexity index is 2180. The molecule has 2 bridgehead atoms. The van der Waals surface area contributed by atoms with Crippen LogP contribution < -0.4 is 10.9 Å². The minimum absolute atomic E-state index is 0.0643. The van der Waals surface area contributed by atoms with Crippen LogP contribution in [0.1, 0.15) is 113 Å². The molecule has 7 rings (SSSR count). The fourth-order valence-corrected chi connectivity index (χ4v) is 13.0. The number of amides is 1. The second-order valence-electron chi connectivity index (χ2n) is 20.3. The first kappa shape index (κ1) is 52.6. The Morgan fingerprint density at radius 3 is 1.89 bits per heavy atom. The van der Waals surface area contributed by atoms with Gasteiger partial charge < -0.3 is 52.5 Å². The Morgan fingerprint density at radius 1 is 0.729 bits per heavy atom. The van der Waals surface area contributed by atoms with Crippen molar-refractivity contribution in [3.63, 3.8) is 0 Å². The number of anilines is 1. The number of hydrazine groups is 1. The summed E-state index contributed by atoms with van der Waals surface area (Å²) in [5.41, 5.74) is 5.22. The molecule has 4 saturated carbocycles. The Morgan fingerprint density at radius 2 is 1.30 bits per heavy atom. The van der Waals surface area contributed by atoms with Crippen molar-refractivity contribution in [3.8, 4) is 0 Å². The SMILES string of the molecule is C=C1C[C@]23CC[C@@H]4[C@](C)(CCC[C@@]4(C)C(=O)NNc4cccnc4)[C@H]2CC[C@]1(O[C@@H]1O[C@H](COC(C)=O)[C@@H](OC(C)=O)[C@H](OC(C)=O)[C@H]1O[C@@H]1O[C@H](COC(C)=O)[C@@H](OC(C)=O)[C@H](OC(C)=O)[C@H]1O)C3. The van der Waals surface area contributed by atoms with Gasteiger partial charge in [0.25, 0.3) is 0 Å². The number of nitrogens with one attached hydrogen (secondary N) is 2. The lowest BCUT2D eigenvalue weighted by molar-refractivity contribution is -0.378. The molecule has 4 aliphatic carbocycles. The van der Waals surface area contributed by atoms with Gasteiger partial charge in [-0.1, -0.05) is 26.8 Å². The maximum Gasteiger partial charge on any atom is 0.303 e. The lowest BCUT2D eigenvalue weighted by atomic mass is 9.40. The Balaban J connectivity index is 1.22. The highest BCUT2D eigenvalue weighted by Gasteiger charge is 2.69. The molecule has 2 saturated heterocycles. The number of nitrogens with zero attached hydrogens (tertiary/aromatic N) is 1. The van der Waals surface area contributed by atoms with Crippen LogP contribution in [-0.2, 0) is 80.9 Å². The second-order valence-corrected chi connectivity index (χ2v) is 20.3. The molecule has 1 spiro atoms. The molecule has 6 fully saturated rings. The number of pyridine rings is 1. The first-order chi connectivity index (χ1) is 33.0. The first-order valence-corrected chi connectivity index (χ1v) is 23.9. The van der Waals surface area contributed by atoms with Gasteiger partial charge in [0, 0.05) is 47.7 Å². The molecule has 21 nitrogen and oxygen atoms in total. The van der Waals surface area contributed by atoms with Gasteiger partial charge in [0.15, 0.2) is 43.1 Å². The number of esters is 6. The van der Waals surface area contributed by atoms with Crippen molar-refractivity contribution in [2.24, 2.45) is 28.1 Å². The van der Waals surface area contributed by atoms with E-state index in [4.69, 9.17) is 47.4 Å². The molecular weight excluding hydrogens is 919 g/mol. The Labute approximate surface area is 406 Å². The maximum atomic E-state index is 14.2. The summed E-state index contributed by atoms with van der Waals surface area (Å²) < 4.78 is 59.7. The fraction of sp³-hybridized carbons (Fsp3) is 0.714. The van der Waals surface area contributed by atoms with Crippen molar-refractivity contribution in [3.05, 3.63) is 36.7 Å². The first-order valence-electron chi connectivity index (χ1n) is 23.9. The third-order valence-corrected chi connectivity index (χ3v) is 15.6. The van der Waals surface area contributed by atoms with Crippen molar-refractivity contribution in [2.75, 3.05) is 18.6 Å². The van der Waals surface area contributed by atoms with E-state index in [0.29, 0.717) is 31.4 Å². The molecule has 70 heavy (non-hydrogen) atoms. The van der Waals surface area contributed by atoms with Crippen LogP contribution in [0.2, 0.25) is 0 Å². The molecule has 6 aliphatic rings. The summed E-state index contributed by atoms with van der Waals surface area (Å²) in [7, 11) is 0. The summed E-state index contributed by atoms with van der Waals surface area (Å²) in [5, 5.41) is 11.9. The van der Waals surface area contributed by atoms with Crippen LogP contribution in [0.5, 0.6) is 0 Å². The molecule has 1 aromatic rings. The van der Waals surface area contributed by atoms with Gasteiger partial charge in [0.2, 0.25) is 5.91 Å². The van der Waals surface area contributed by atoms with E-state index in [2.05, 4.69) is 36.3 Å². The smallest absolute Gasteiger partial charge is 0.303 e. The van der Waals surface area contributed by atoms with E-state index >= 15 is 0 Å². The number of fused-ring (bicyclic) bond motifs is 3. The van der Waals surface area contributed by atoms with Crippen LogP contribution in [0.25, 0.3) is 0 Å². The third-order valence-electron chi connectivity index (χ3n) is 15.6. The number of aliphatic hydroxyl groups excluding tert-OH is 1. The molecular formula is C49H67N3O18. The number of hydrogen-bond acceptors (Lipinski definition) is 20. The predicted octanol–water partition coefficient (Wildman–Crippen LogP) is 3.68. The molecule has 3 N–H and O–H groups in total.